The number of nitrogens with zero attached hydrogens (tertiary/aromatic N) is 3. The van der Waals surface area contributed by atoms with Crippen LogP contribution in [-0.2, 0) is 0 Å². The highest BCUT2D eigenvalue weighted by atomic mass is 32.1. The van der Waals surface area contributed by atoms with E-state index in [-0.39, 0.29) is 5.91 Å². The summed E-state index contributed by atoms with van der Waals surface area (Å²) in [6.07, 6.45) is 0. The Morgan fingerprint density at radius 2 is 2.22 bits per heavy atom. The Hall–Kier alpha value is -1.58. The van der Waals surface area contributed by atoms with Crippen molar-refractivity contribution in [2.24, 2.45) is 0 Å². The largest absolute Gasteiger partial charge is 0.495 e. The molecule has 1 amide bonds. The molecule has 0 saturated carbocycles. The SMILES string of the molecule is COc1ccsc1C(=O)N1CCN(CC#N)CC1. The molecule has 1 aromatic rings. The normalized spacial score (nSPS) is 16.3. The van der Waals surface area contributed by atoms with E-state index in [0.29, 0.717) is 30.3 Å². The number of hydrogen-bond acceptors (Lipinski definition) is 5. The van der Waals surface area contributed by atoms with Crippen LogP contribution in [0.3, 0.4) is 0 Å². The Morgan fingerprint density at radius 3 is 2.83 bits per heavy atom. The van der Waals surface area contributed by atoms with Crippen LogP contribution in [0.25, 0.3) is 0 Å². The fraction of sp³-hybridized carbons (Fsp3) is 0.500. The molecule has 6 heteroatoms. The summed E-state index contributed by atoms with van der Waals surface area (Å²) in [4.78, 5) is 16.8. The average Bonchev–Trinajstić information content (AvgIpc) is 2.87. The van der Waals surface area contributed by atoms with E-state index in [1.807, 2.05) is 16.3 Å². The summed E-state index contributed by atoms with van der Waals surface area (Å²) in [6, 6.07) is 3.94. The molecule has 1 aliphatic rings. The summed E-state index contributed by atoms with van der Waals surface area (Å²) in [5.41, 5.74) is 0. The first kappa shape index (κ1) is 12.9. The second-order valence-electron chi connectivity index (χ2n) is 4.04. The highest BCUT2D eigenvalue weighted by Crippen LogP contribution is 2.26. The highest BCUT2D eigenvalue weighted by molar-refractivity contribution is 7.12. The van der Waals surface area contributed by atoms with Crippen LogP contribution in [0.1, 0.15) is 9.67 Å². The summed E-state index contributed by atoms with van der Waals surface area (Å²) in [5.74, 6) is 0.669. The van der Waals surface area contributed by atoms with Gasteiger partial charge in [-0.2, -0.15) is 5.26 Å². The molecule has 1 aliphatic heterocycles. The Labute approximate surface area is 110 Å². The fourth-order valence-corrected chi connectivity index (χ4v) is 2.79. The van der Waals surface area contributed by atoms with E-state index in [2.05, 4.69) is 11.0 Å². The van der Waals surface area contributed by atoms with Gasteiger partial charge in [-0.05, 0) is 11.4 Å². The van der Waals surface area contributed by atoms with Crippen LogP contribution in [0.2, 0.25) is 0 Å². The van der Waals surface area contributed by atoms with Gasteiger partial charge in [0, 0.05) is 26.2 Å². The number of ether oxygens (including phenoxy) is 1. The Morgan fingerprint density at radius 1 is 1.50 bits per heavy atom. The van der Waals surface area contributed by atoms with Crippen molar-refractivity contribution in [1.82, 2.24) is 9.80 Å². The van der Waals surface area contributed by atoms with Gasteiger partial charge in [0.25, 0.3) is 5.91 Å². The molecule has 2 heterocycles. The van der Waals surface area contributed by atoms with Crippen LogP contribution in [0.5, 0.6) is 5.75 Å². The number of carbonyl (C=O) groups excluding carboxylic acids is 1. The monoisotopic (exact) mass is 265 g/mol. The van der Waals surface area contributed by atoms with Crippen molar-refractivity contribution in [1.29, 1.82) is 5.26 Å². The summed E-state index contributed by atoms with van der Waals surface area (Å²) in [5, 5.41) is 10.5. The molecule has 1 fully saturated rings. The number of rotatable bonds is 3. The molecule has 5 nitrogen and oxygen atoms in total. The van der Waals surface area contributed by atoms with Crippen LogP contribution >= 0.6 is 11.3 Å². The van der Waals surface area contributed by atoms with Crippen molar-refractivity contribution in [3.05, 3.63) is 16.3 Å². The maximum Gasteiger partial charge on any atom is 0.267 e. The first-order valence-electron chi connectivity index (χ1n) is 5.76. The standard InChI is InChI=1S/C12H15N3O2S/c1-17-10-2-9-18-11(10)12(16)15-7-5-14(4-3-13)6-8-15/h2,9H,4-8H2,1H3. The zero-order valence-corrected chi connectivity index (χ0v) is 11.1. The first-order valence-corrected chi connectivity index (χ1v) is 6.64. The van der Waals surface area contributed by atoms with Crippen LogP contribution in [0, 0.1) is 11.3 Å². The minimum Gasteiger partial charge on any atom is -0.495 e. The molecule has 0 aliphatic carbocycles. The van der Waals surface area contributed by atoms with Gasteiger partial charge in [0.15, 0.2) is 0 Å². The van der Waals surface area contributed by atoms with Gasteiger partial charge < -0.3 is 9.64 Å². The molecular weight excluding hydrogens is 250 g/mol. The van der Waals surface area contributed by atoms with Crippen molar-refractivity contribution in [2.75, 3.05) is 39.8 Å². The summed E-state index contributed by atoms with van der Waals surface area (Å²) >= 11 is 1.40. The van der Waals surface area contributed by atoms with Crippen LogP contribution in [0.4, 0.5) is 0 Å². The third kappa shape index (κ3) is 2.63. The molecule has 0 aromatic carbocycles. The quantitative estimate of drug-likeness (QED) is 0.766. The fourth-order valence-electron chi connectivity index (χ4n) is 1.97. The average molecular weight is 265 g/mol. The van der Waals surface area contributed by atoms with Crippen LogP contribution in [-0.4, -0.2) is 55.5 Å². The zero-order valence-electron chi connectivity index (χ0n) is 10.3. The van der Waals surface area contributed by atoms with E-state index >= 15 is 0 Å². The van der Waals surface area contributed by atoms with Crippen molar-refractivity contribution >= 4 is 17.2 Å². The van der Waals surface area contributed by atoms with E-state index in [4.69, 9.17) is 10.00 Å². The molecule has 2 rings (SSSR count). The molecule has 1 saturated heterocycles. The molecule has 0 spiro atoms. The first-order chi connectivity index (χ1) is 8.76. The van der Waals surface area contributed by atoms with Gasteiger partial charge in [-0.1, -0.05) is 0 Å². The van der Waals surface area contributed by atoms with E-state index in [9.17, 15) is 4.79 Å². The number of carbonyl (C=O) groups is 1. The van der Waals surface area contributed by atoms with Crippen molar-refractivity contribution in [3.8, 4) is 11.8 Å². The van der Waals surface area contributed by atoms with Crippen molar-refractivity contribution in [3.63, 3.8) is 0 Å². The minimum absolute atomic E-state index is 0.0263. The zero-order chi connectivity index (χ0) is 13.0. The molecule has 0 unspecified atom stereocenters. The number of methoxy groups -OCH3 is 1. The van der Waals surface area contributed by atoms with Crippen LogP contribution < -0.4 is 4.74 Å². The lowest BCUT2D eigenvalue weighted by atomic mass is 10.3. The summed E-state index contributed by atoms with van der Waals surface area (Å²) in [7, 11) is 1.57. The Kier molecular flexibility index (Phi) is 4.18. The number of hydrogen-bond donors (Lipinski definition) is 0. The van der Waals surface area contributed by atoms with Gasteiger partial charge in [0.05, 0.1) is 19.7 Å². The van der Waals surface area contributed by atoms with Gasteiger partial charge in [0.2, 0.25) is 0 Å². The van der Waals surface area contributed by atoms with Gasteiger partial charge >= 0.3 is 0 Å². The maximum atomic E-state index is 12.3. The molecule has 96 valence electrons. The van der Waals surface area contributed by atoms with Gasteiger partial charge in [-0.15, -0.1) is 11.3 Å². The maximum absolute atomic E-state index is 12.3. The topological polar surface area (TPSA) is 56.6 Å². The lowest BCUT2D eigenvalue weighted by molar-refractivity contribution is 0.0653. The van der Waals surface area contributed by atoms with E-state index in [1.54, 1.807) is 7.11 Å². The lowest BCUT2D eigenvalue weighted by Gasteiger charge is -2.33. The smallest absolute Gasteiger partial charge is 0.267 e. The predicted octanol–water partition coefficient (Wildman–Crippen LogP) is 1.04. The van der Waals surface area contributed by atoms with Crippen molar-refractivity contribution < 1.29 is 9.53 Å². The minimum atomic E-state index is 0.0263. The molecule has 1 aromatic heterocycles. The van der Waals surface area contributed by atoms with Crippen LogP contribution in [0.15, 0.2) is 11.4 Å². The second-order valence-corrected chi connectivity index (χ2v) is 4.96. The number of piperazine rings is 1. The van der Waals surface area contributed by atoms with Gasteiger partial charge in [-0.3, -0.25) is 9.69 Å². The van der Waals surface area contributed by atoms with Crippen molar-refractivity contribution in [2.45, 2.75) is 0 Å². The number of amides is 1. The summed E-state index contributed by atoms with van der Waals surface area (Å²) < 4.78 is 5.17. The molecule has 18 heavy (non-hydrogen) atoms. The third-order valence-electron chi connectivity index (χ3n) is 3.00. The van der Waals surface area contributed by atoms with E-state index < -0.39 is 0 Å². The second kappa shape index (κ2) is 5.85. The summed E-state index contributed by atoms with van der Waals surface area (Å²) in [6.45, 7) is 3.29. The van der Waals surface area contributed by atoms with Gasteiger partial charge in [-0.25, -0.2) is 0 Å². The Balaban J connectivity index is 1.98. The van der Waals surface area contributed by atoms with E-state index in [1.165, 1.54) is 11.3 Å². The van der Waals surface area contributed by atoms with E-state index in [0.717, 1.165) is 13.1 Å². The highest BCUT2D eigenvalue weighted by Gasteiger charge is 2.24. The number of thiophene rings is 1. The third-order valence-corrected chi connectivity index (χ3v) is 3.88. The molecule has 0 atom stereocenters. The molecule has 0 N–H and O–H groups in total. The molecular formula is C12H15N3O2S. The lowest BCUT2D eigenvalue weighted by Crippen LogP contribution is -2.48. The predicted molar refractivity (Wildman–Crippen MR) is 68.8 cm³/mol. The molecule has 0 bridgehead atoms. The van der Waals surface area contributed by atoms with Gasteiger partial charge in [0.1, 0.15) is 10.6 Å². The number of nitriles is 1. The molecule has 0 radical (unpaired) electrons. The Bertz CT molecular complexity index is 458.